The predicted molar refractivity (Wildman–Crippen MR) is 58.4 cm³/mol. The van der Waals surface area contributed by atoms with Gasteiger partial charge in [-0.2, -0.15) is 13.2 Å². The molecule has 0 atom stereocenters. The topological polar surface area (TPSA) is 15.3 Å². The minimum atomic E-state index is -4.07. The Balaban J connectivity index is 2.36. The lowest BCUT2D eigenvalue weighted by Crippen LogP contribution is -2.40. The molecule has 1 rings (SSSR count). The van der Waals surface area contributed by atoms with E-state index in [1.807, 2.05) is 6.92 Å². The SMILES string of the molecule is CCCN(CC1CCNCC1)CC(F)(F)F. The molecular formula is C11H21F3N2. The second-order valence-corrected chi connectivity index (χ2v) is 4.54. The van der Waals surface area contributed by atoms with E-state index in [1.54, 1.807) is 4.90 Å². The fourth-order valence-corrected chi connectivity index (χ4v) is 2.23. The summed E-state index contributed by atoms with van der Waals surface area (Å²) in [4.78, 5) is 1.55. The van der Waals surface area contributed by atoms with Gasteiger partial charge in [0.2, 0.25) is 0 Å². The number of alkyl halides is 3. The van der Waals surface area contributed by atoms with Crippen molar-refractivity contribution in [3.63, 3.8) is 0 Å². The largest absolute Gasteiger partial charge is 0.401 e. The molecule has 0 aliphatic carbocycles. The van der Waals surface area contributed by atoms with E-state index in [4.69, 9.17) is 0 Å². The second-order valence-electron chi connectivity index (χ2n) is 4.54. The van der Waals surface area contributed by atoms with E-state index in [0.717, 1.165) is 32.4 Å². The van der Waals surface area contributed by atoms with Crippen LogP contribution in [-0.4, -0.2) is 43.8 Å². The van der Waals surface area contributed by atoms with Crippen LogP contribution in [0.2, 0.25) is 0 Å². The van der Waals surface area contributed by atoms with Crippen LogP contribution in [0.15, 0.2) is 0 Å². The Morgan fingerprint density at radius 3 is 2.38 bits per heavy atom. The molecule has 0 spiro atoms. The number of piperidine rings is 1. The zero-order valence-electron chi connectivity index (χ0n) is 9.82. The number of halogens is 3. The van der Waals surface area contributed by atoms with Gasteiger partial charge in [-0.3, -0.25) is 4.90 Å². The number of hydrogen-bond acceptors (Lipinski definition) is 2. The highest BCUT2D eigenvalue weighted by atomic mass is 19.4. The summed E-state index contributed by atoms with van der Waals surface area (Å²) in [6.45, 7) is 4.18. The fraction of sp³-hybridized carbons (Fsp3) is 1.00. The predicted octanol–water partition coefficient (Wildman–Crippen LogP) is 2.26. The third-order valence-electron chi connectivity index (χ3n) is 2.92. The van der Waals surface area contributed by atoms with Crippen molar-refractivity contribution in [3.05, 3.63) is 0 Å². The summed E-state index contributed by atoms with van der Waals surface area (Å²) >= 11 is 0. The molecule has 5 heteroatoms. The van der Waals surface area contributed by atoms with Crippen molar-refractivity contribution in [2.24, 2.45) is 5.92 Å². The van der Waals surface area contributed by atoms with Crippen LogP contribution in [0, 0.1) is 5.92 Å². The van der Waals surface area contributed by atoms with Gasteiger partial charge >= 0.3 is 6.18 Å². The number of hydrogen-bond donors (Lipinski definition) is 1. The van der Waals surface area contributed by atoms with Crippen LogP contribution in [0.4, 0.5) is 13.2 Å². The summed E-state index contributed by atoms with van der Waals surface area (Å²) in [7, 11) is 0. The van der Waals surface area contributed by atoms with Crippen molar-refractivity contribution in [1.82, 2.24) is 10.2 Å². The maximum atomic E-state index is 12.3. The first kappa shape index (κ1) is 13.8. The maximum Gasteiger partial charge on any atom is 0.401 e. The molecule has 0 saturated carbocycles. The summed E-state index contributed by atoms with van der Waals surface area (Å²) in [6, 6.07) is 0. The molecule has 1 N–H and O–H groups in total. The maximum absolute atomic E-state index is 12.3. The third-order valence-corrected chi connectivity index (χ3v) is 2.92. The Bertz CT molecular complexity index is 188. The zero-order valence-corrected chi connectivity index (χ0v) is 9.82. The zero-order chi connectivity index (χ0) is 12.0. The van der Waals surface area contributed by atoms with E-state index in [-0.39, 0.29) is 0 Å². The highest BCUT2D eigenvalue weighted by molar-refractivity contribution is 4.73. The van der Waals surface area contributed by atoms with Crippen molar-refractivity contribution in [2.45, 2.75) is 32.4 Å². The molecule has 1 heterocycles. The van der Waals surface area contributed by atoms with Crippen LogP contribution >= 0.6 is 0 Å². The van der Waals surface area contributed by atoms with Gasteiger partial charge in [0.25, 0.3) is 0 Å². The van der Waals surface area contributed by atoms with Crippen LogP contribution in [0.5, 0.6) is 0 Å². The molecule has 0 aromatic heterocycles. The molecule has 0 amide bonds. The van der Waals surface area contributed by atoms with Gasteiger partial charge in [0.1, 0.15) is 0 Å². The average molecular weight is 238 g/mol. The molecule has 0 aromatic carbocycles. The Morgan fingerprint density at radius 1 is 1.25 bits per heavy atom. The van der Waals surface area contributed by atoms with Crippen LogP contribution in [0.3, 0.4) is 0 Å². The van der Waals surface area contributed by atoms with Crippen LogP contribution in [0.25, 0.3) is 0 Å². The van der Waals surface area contributed by atoms with Crippen molar-refractivity contribution < 1.29 is 13.2 Å². The summed E-state index contributed by atoms with van der Waals surface area (Å²) in [5.74, 6) is 0.426. The molecule has 1 aliphatic heterocycles. The molecule has 0 aromatic rings. The van der Waals surface area contributed by atoms with Crippen molar-refractivity contribution in [2.75, 3.05) is 32.7 Å². The van der Waals surface area contributed by atoms with E-state index in [9.17, 15) is 13.2 Å². The average Bonchev–Trinajstić information content (AvgIpc) is 2.17. The van der Waals surface area contributed by atoms with Gasteiger partial charge in [0, 0.05) is 6.54 Å². The third kappa shape index (κ3) is 5.70. The molecule has 1 saturated heterocycles. The van der Waals surface area contributed by atoms with E-state index >= 15 is 0 Å². The van der Waals surface area contributed by atoms with Crippen LogP contribution in [0.1, 0.15) is 26.2 Å². The standard InChI is InChI=1S/C11H21F3N2/c1-2-7-16(9-11(12,13)14)8-10-3-5-15-6-4-10/h10,15H,2-9H2,1H3. The highest BCUT2D eigenvalue weighted by Gasteiger charge is 2.31. The summed E-state index contributed by atoms with van der Waals surface area (Å²) in [6.07, 6.45) is -1.29. The molecule has 0 unspecified atom stereocenters. The molecule has 1 fully saturated rings. The van der Waals surface area contributed by atoms with E-state index in [0.29, 0.717) is 19.0 Å². The summed E-state index contributed by atoms with van der Waals surface area (Å²) in [5, 5.41) is 3.23. The monoisotopic (exact) mass is 238 g/mol. The van der Waals surface area contributed by atoms with Crippen molar-refractivity contribution >= 4 is 0 Å². The molecule has 0 radical (unpaired) electrons. The minimum Gasteiger partial charge on any atom is -0.317 e. The van der Waals surface area contributed by atoms with Gasteiger partial charge in [-0.15, -0.1) is 0 Å². The normalized spacial score (nSPS) is 19.3. The molecule has 1 aliphatic rings. The number of rotatable bonds is 5. The Labute approximate surface area is 95.2 Å². The molecule has 0 bridgehead atoms. The lowest BCUT2D eigenvalue weighted by atomic mass is 9.97. The van der Waals surface area contributed by atoms with Crippen molar-refractivity contribution in [3.8, 4) is 0 Å². The van der Waals surface area contributed by atoms with Crippen molar-refractivity contribution in [1.29, 1.82) is 0 Å². The van der Waals surface area contributed by atoms with Gasteiger partial charge in [0.15, 0.2) is 0 Å². The molecule has 2 nitrogen and oxygen atoms in total. The van der Waals surface area contributed by atoms with Gasteiger partial charge < -0.3 is 5.32 Å². The summed E-state index contributed by atoms with van der Waals surface area (Å²) in [5.41, 5.74) is 0. The minimum absolute atomic E-state index is 0.426. The van der Waals surface area contributed by atoms with Gasteiger partial charge in [0.05, 0.1) is 6.54 Å². The first-order chi connectivity index (χ1) is 7.51. The second kappa shape index (κ2) is 6.45. The molecule has 96 valence electrons. The first-order valence-electron chi connectivity index (χ1n) is 6.01. The lowest BCUT2D eigenvalue weighted by Gasteiger charge is -2.30. The van der Waals surface area contributed by atoms with E-state index in [2.05, 4.69) is 5.32 Å². The van der Waals surface area contributed by atoms with Gasteiger partial charge in [-0.1, -0.05) is 6.92 Å². The molecular weight excluding hydrogens is 217 g/mol. The Morgan fingerprint density at radius 2 is 1.88 bits per heavy atom. The lowest BCUT2D eigenvalue weighted by molar-refractivity contribution is -0.147. The highest BCUT2D eigenvalue weighted by Crippen LogP contribution is 2.20. The van der Waals surface area contributed by atoms with Gasteiger partial charge in [-0.05, 0) is 44.8 Å². The Kier molecular flexibility index (Phi) is 5.55. The fourth-order valence-electron chi connectivity index (χ4n) is 2.23. The summed E-state index contributed by atoms with van der Waals surface area (Å²) < 4.78 is 37.0. The molecule has 16 heavy (non-hydrogen) atoms. The van der Waals surface area contributed by atoms with Gasteiger partial charge in [-0.25, -0.2) is 0 Å². The van der Waals surface area contributed by atoms with E-state index in [1.165, 1.54) is 0 Å². The van der Waals surface area contributed by atoms with Crippen LogP contribution < -0.4 is 5.32 Å². The smallest absolute Gasteiger partial charge is 0.317 e. The quantitative estimate of drug-likeness (QED) is 0.790. The van der Waals surface area contributed by atoms with E-state index < -0.39 is 12.7 Å². The first-order valence-corrected chi connectivity index (χ1v) is 6.01. The Hall–Kier alpha value is -0.290. The number of nitrogens with zero attached hydrogens (tertiary/aromatic N) is 1. The van der Waals surface area contributed by atoms with Crippen LogP contribution in [-0.2, 0) is 0 Å². The number of nitrogens with one attached hydrogen (secondary N) is 1.